The van der Waals surface area contributed by atoms with E-state index in [1.54, 1.807) is 29.1 Å². The predicted octanol–water partition coefficient (Wildman–Crippen LogP) is 1.10. The summed E-state index contributed by atoms with van der Waals surface area (Å²) in [5.41, 5.74) is 0.836. The number of furan rings is 1. The van der Waals surface area contributed by atoms with Crippen LogP contribution in [0.5, 0.6) is 0 Å². The Bertz CT molecular complexity index is 712. The third kappa shape index (κ3) is 4.74. The average molecular weight is 458 g/mol. The first-order valence-corrected chi connectivity index (χ1v) is 7.94. The number of carbonyl (C=O) groups is 1. The van der Waals surface area contributed by atoms with E-state index in [0.717, 1.165) is 30.4 Å². The number of carbonyl (C=O) groups excluding carboxylic acids is 1. The van der Waals surface area contributed by atoms with Gasteiger partial charge >= 0.3 is 0 Å². The van der Waals surface area contributed by atoms with Crippen molar-refractivity contribution in [2.45, 2.75) is 6.42 Å². The van der Waals surface area contributed by atoms with E-state index in [4.69, 9.17) is 4.42 Å². The number of amides is 1. The number of aromatic nitrogens is 2. The third-order valence-corrected chi connectivity index (χ3v) is 3.97. The second kappa shape index (κ2) is 8.88. The molecule has 9 heteroatoms. The van der Waals surface area contributed by atoms with Gasteiger partial charge in [-0.25, -0.2) is 0 Å². The first kappa shape index (κ1) is 19.3. The van der Waals surface area contributed by atoms with Crippen LogP contribution < -0.4 is 10.2 Å². The molecule has 8 nitrogen and oxygen atoms in total. The molecule has 0 saturated carbocycles. The maximum absolute atomic E-state index is 12.4. The van der Waals surface area contributed by atoms with Crippen LogP contribution in [0.1, 0.15) is 5.76 Å². The van der Waals surface area contributed by atoms with Crippen molar-refractivity contribution in [1.82, 2.24) is 20.0 Å². The van der Waals surface area contributed by atoms with Crippen LogP contribution in [0.15, 0.2) is 40.2 Å². The van der Waals surface area contributed by atoms with Crippen molar-refractivity contribution in [2.24, 2.45) is 12.0 Å². The molecule has 25 heavy (non-hydrogen) atoms. The van der Waals surface area contributed by atoms with Crippen molar-refractivity contribution in [3.05, 3.63) is 36.5 Å². The molecule has 1 N–H and O–H groups in total. The molecule has 0 spiro atoms. The molecule has 1 saturated heterocycles. The average Bonchev–Trinajstić information content (AvgIpc) is 3.23. The second-order valence-electron chi connectivity index (χ2n) is 5.64. The number of piperazine rings is 1. The van der Waals surface area contributed by atoms with Gasteiger partial charge in [0.2, 0.25) is 5.91 Å². The fourth-order valence-electron chi connectivity index (χ4n) is 2.76. The number of hydrogen-bond donors (Lipinski definition) is 1. The van der Waals surface area contributed by atoms with Crippen molar-refractivity contribution in [1.29, 1.82) is 0 Å². The fourth-order valence-corrected chi connectivity index (χ4v) is 2.76. The van der Waals surface area contributed by atoms with Gasteiger partial charge in [0.05, 0.1) is 18.1 Å². The number of rotatable bonds is 4. The standard InChI is InChI=1S/C16H22N6O2.HI/c1-17-16(18-6-5-14-4-3-9-24-14)21-7-8-22(15(23)12-21)13-10-19-20(2)11-13;/h3-4,9-11H,5-8,12H2,1-2H3,(H,17,18);1H. The zero-order valence-corrected chi connectivity index (χ0v) is 16.7. The van der Waals surface area contributed by atoms with Gasteiger partial charge in [-0.15, -0.1) is 24.0 Å². The largest absolute Gasteiger partial charge is 0.469 e. The van der Waals surface area contributed by atoms with E-state index in [9.17, 15) is 4.79 Å². The van der Waals surface area contributed by atoms with Gasteiger partial charge < -0.3 is 19.5 Å². The summed E-state index contributed by atoms with van der Waals surface area (Å²) >= 11 is 0. The second-order valence-corrected chi connectivity index (χ2v) is 5.64. The molecular formula is C16H23IN6O2. The highest BCUT2D eigenvalue weighted by Crippen LogP contribution is 2.16. The number of aryl methyl sites for hydroxylation is 1. The Balaban J connectivity index is 0.00000225. The Kier molecular flexibility index (Phi) is 6.85. The summed E-state index contributed by atoms with van der Waals surface area (Å²) in [7, 11) is 3.57. The first-order chi connectivity index (χ1) is 11.7. The SMILES string of the molecule is CN=C(NCCc1ccco1)N1CCN(c2cnn(C)c2)C(=O)C1.I. The van der Waals surface area contributed by atoms with Crippen LogP contribution >= 0.6 is 24.0 Å². The molecule has 0 bridgehead atoms. The summed E-state index contributed by atoms with van der Waals surface area (Å²) in [5, 5.41) is 7.41. The third-order valence-electron chi connectivity index (χ3n) is 3.97. The quantitative estimate of drug-likeness (QED) is 0.422. The van der Waals surface area contributed by atoms with Crippen LogP contribution in [0.2, 0.25) is 0 Å². The minimum atomic E-state index is 0. The van der Waals surface area contributed by atoms with E-state index >= 15 is 0 Å². The predicted molar refractivity (Wildman–Crippen MR) is 106 cm³/mol. The Hall–Kier alpha value is -2.04. The van der Waals surface area contributed by atoms with Gasteiger partial charge in [-0.2, -0.15) is 5.10 Å². The number of nitrogens with one attached hydrogen (secondary N) is 1. The lowest BCUT2D eigenvalue weighted by Gasteiger charge is -2.35. The molecule has 0 aliphatic carbocycles. The monoisotopic (exact) mass is 458 g/mol. The molecule has 1 aliphatic rings. The molecule has 136 valence electrons. The number of guanidine groups is 1. The Morgan fingerprint density at radius 1 is 1.44 bits per heavy atom. The normalized spacial score (nSPS) is 15.3. The molecule has 2 aromatic rings. The van der Waals surface area contributed by atoms with Crippen molar-refractivity contribution in [2.75, 3.05) is 38.1 Å². The Morgan fingerprint density at radius 2 is 2.28 bits per heavy atom. The maximum Gasteiger partial charge on any atom is 0.246 e. The molecule has 1 amide bonds. The number of aliphatic imine (C=N–C) groups is 1. The molecule has 3 rings (SSSR count). The van der Waals surface area contributed by atoms with Gasteiger partial charge in [0, 0.05) is 46.3 Å². The topological polar surface area (TPSA) is 78.9 Å². The van der Waals surface area contributed by atoms with Crippen LogP contribution in [-0.4, -0.2) is 59.8 Å². The highest BCUT2D eigenvalue weighted by Gasteiger charge is 2.27. The van der Waals surface area contributed by atoms with Crippen LogP contribution in [0.25, 0.3) is 0 Å². The fraction of sp³-hybridized carbons (Fsp3) is 0.438. The Morgan fingerprint density at radius 3 is 2.88 bits per heavy atom. The van der Waals surface area contributed by atoms with Gasteiger partial charge in [0.15, 0.2) is 5.96 Å². The van der Waals surface area contributed by atoms with Gasteiger partial charge in [-0.05, 0) is 12.1 Å². The Labute approximate surface area is 163 Å². The summed E-state index contributed by atoms with van der Waals surface area (Å²) in [5.74, 6) is 1.71. The van der Waals surface area contributed by atoms with Crippen molar-refractivity contribution >= 4 is 41.5 Å². The highest BCUT2D eigenvalue weighted by molar-refractivity contribution is 14.0. The summed E-state index contributed by atoms with van der Waals surface area (Å²) in [6.07, 6.45) is 6.00. The molecular weight excluding hydrogens is 435 g/mol. The van der Waals surface area contributed by atoms with Crippen molar-refractivity contribution < 1.29 is 9.21 Å². The zero-order valence-electron chi connectivity index (χ0n) is 14.4. The number of hydrogen-bond acceptors (Lipinski definition) is 4. The van der Waals surface area contributed by atoms with E-state index in [-0.39, 0.29) is 29.9 Å². The zero-order chi connectivity index (χ0) is 16.9. The first-order valence-electron chi connectivity index (χ1n) is 7.94. The highest BCUT2D eigenvalue weighted by atomic mass is 127. The lowest BCUT2D eigenvalue weighted by atomic mass is 10.3. The number of nitrogens with zero attached hydrogens (tertiary/aromatic N) is 5. The van der Waals surface area contributed by atoms with Gasteiger partial charge in [-0.1, -0.05) is 0 Å². The molecule has 2 aromatic heterocycles. The van der Waals surface area contributed by atoms with Crippen molar-refractivity contribution in [3.63, 3.8) is 0 Å². The molecule has 0 unspecified atom stereocenters. The van der Waals surface area contributed by atoms with Crippen molar-refractivity contribution in [3.8, 4) is 0 Å². The van der Waals surface area contributed by atoms with E-state index < -0.39 is 0 Å². The minimum Gasteiger partial charge on any atom is -0.469 e. The maximum atomic E-state index is 12.4. The molecule has 0 aromatic carbocycles. The lowest BCUT2D eigenvalue weighted by molar-refractivity contribution is -0.120. The van der Waals surface area contributed by atoms with Crippen LogP contribution in [0, 0.1) is 0 Å². The molecule has 1 aliphatic heterocycles. The smallest absolute Gasteiger partial charge is 0.246 e. The van der Waals surface area contributed by atoms with Crippen LogP contribution in [0.4, 0.5) is 5.69 Å². The molecule has 0 radical (unpaired) electrons. The summed E-state index contributed by atoms with van der Waals surface area (Å²) in [4.78, 5) is 20.5. The summed E-state index contributed by atoms with van der Waals surface area (Å²) < 4.78 is 7.01. The number of halogens is 1. The van der Waals surface area contributed by atoms with Crippen LogP contribution in [-0.2, 0) is 18.3 Å². The number of anilines is 1. The van der Waals surface area contributed by atoms with Gasteiger partial charge in [0.25, 0.3) is 0 Å². The van der Waals surface area contributed by atoms with Gasteiger partial charge in [-0.3, -0.25) is 14.5 Å². The molecule has 3 heterocycles. The van der Waals surface area contributed by atoms with E-state index in [1.807, 2.05) is 30.3 Å². The van der Waals surface area contributed by atoms with E-state index in [2.05, 4.69) is 15.4 Å². The van der Waals surface area contributed by atoms with E-state index in [1.165, 1.54) is 0 Å². The molecule has 1 fully saturated rings. The van der Waals surface area contributed by atoms with Gasteiger partial charge in [0.1, 0.15) is 12.3 Å². The van der Waals surface area contributed by atoms with E-state index in [0.29, 0.717) is 19.6 Å². The van der Waals surface area contributed by atoms with Crippen LogP contribution in [0.3, 0.4) is 0 Å². The minimum absolute atomic E-state index is 0. The lowest BCUT2D eigenvalue weighted by Crippen LogP contribution is -2.55. The molecule has 0 atom stereocenters. The summed E-state index contributed by atoms with van der Waals surface area (Å²) in [6.45, 7) is 2.34. The summed E-state index contributed by atoms with van der Waals surface area (Å²) in [6, 6.07) is 3.82.